The van der Waals surface area contributed by atoms with Gasteiger partial charge in [0.05, 0.1) is 0 Å². The van der Waals surface area contributed by atoms with Crippen LogP contribution < -0.4 is 0 Å². The highest BCUT2D eigenvalue weighted by Gasteiger charge is 2.47. The minimum absolute atomic E-state index is 0.138. The normalized spacial score (nSPS) is 29.6. The van der Waals surface area contributed by atoms with Gasteiger partial charge in [0.25, 0.3) is 0 Å². The number of halogens is 1. The number of carbonyl (C=O) groups is 1. The smallest absolute Gasteiger partial charge is 0.321 e. The average Bonchev–Trinajstić information content (AvgIpc) is 2.93. The number of carboxylic acids is 1. The summed E-state index contributed by atoms with van der Waals surface area (Å²) in [5.41, 5.74) is 0.625. The lowest BCUT2D eigenvalue weighted by molar-refractivity contribution is -0.143. The molecule has 0 spiro atoms. The van der Waals surface area contributed by atoms with Crippen molar-refractivity contribution in [2.45, 2.75) is 31.8 Å². The van der Waals surface area contributed by atoms with E-state index in [1.54, 1.807) is 18.2 Å². The van der Waals surface area contributed by atoms with Crippen LogP contribution in [0.25, 0.3) is 0 Å². The molecular formula is C15H18ClNO3. The zero-order valence-corrected chi connectivity index (χ0v) is 11.9. The molecule has 3 unspecified atom stereocenters. The first-order valence-corrected chi connectivity index (χ1v) is 7.39. The lowest BCUT2D eigenvalue weighted by atomic mass is 9.94. The Morgan fingerprint density at radius 1 is 1.40 bits per heavy atom. The summed E-state index contributed by atoms with van der Waals surface area (Å²) in [7, 11) is 0. The van der Waals surface area contributed by atoms with Gasteiger partial charge in [0.2, 0.25) is 0 Å². The zero-order chi connectivity index (χ0) is 14.3. The van der Waals surface area contributed by atoms with Gasteiger partial charge in [-0.2, -0.15) is 0 Å². The maximum atomic E-state index is 11.6. The first-order valence-electron chi connectivity index (χ1n) is 7.01. The molecule has 1 aromatic rings. The topological polar surface area (TPSA) is 60.8 Å². The maximum absolute atomic E-state index is 11.6. The number of phenols is 1. The predicted molar refractivity (Wildman–Crippen MR) is 75.8 cm³/mol. The minimum atomic E-state index is -0.758. The van der Waals surface area contributed by atoms with E-state index in [0.717, 1.165) is 25.8 Å². The van der Waals surface area contributed by atoms with Gasteiger partial charge in [-0.25, -0.2) is 0 Å². The van der Waals surface area contributed by atoms with Gasteiger partial charge in [0, 0.05) is 23.7 Å². The second kappa shape index (κ2) is 5.26. The fourth-order valence-corrected chi connectivity index (χ4v) is 4.03. The summed E-state index contributed by atoms with van der Waals surface area (Å²) in [6, 6.07) is 4.56. The number of aromatic hydroxyl groups is 1. The number of rotatable bonds is 3. The van der Waals surface area contributed by atoms with Crippen LogP contribution in [0.4, 0.5) is 0 Å². The molecule has 1 heterocycles. The van der Waals surface area contributed by atoms with Crippen LogP contribution in [-0.2, 0) is 11.3 Å². The van der Waals surface area contributed by atoms with Crippen molar-refractivity contribution in [3.05, 3.63) is 28.8 Å². The Hall–Kier alpha value is -1.26. The summed E-state index contributed by atoms with van der Waals surface area (Å²) in [5.74, 6) is 0.0995. The maximum Gasteiger partial charge on any atom is 0.321 e. The Labute approximate surface area is 123 Å². The fourth-order valence-electron chi connectivity index (χ4n) is 3.80. The van der Waals surface area contributed by atoms with Crippen LogP contribution >= 0.6 is 11.6 Å². The van der Waals surface area contributed by atoms with Gasteiger partial charge in [-0.1, -0.05) is 24.1 Å². The van der Waals surface area contributed by atoms with E-state index in [9.17, 15) is 15.0 Å². The third-order valence-electron chi connectivity index (χ3n) is 4.69. The van der Waals surface area contributed by atoms with Crippen LogP contribution in [0.5, 0.6) is 5.75 Å². The molecule has 3 atom stereocenters. The van der Waals surface area contributed by atoms with Crippen molar-refractivity contribution in [1.29, 1.82) is 0 Å². The van der Waals surface area contributed by atoms with Crippen LogP contribution in [-0.4, -0.2) is 33.7 Å². The molecule has 1 aromatic carbocycles. The van der Waals surface area contributed by atoms with Crippen LogP contribution in [0, 0.1) is 11.8 Å². The Morgan fingerprint density at radius 3 is 2.90 bits per heavy atom. The number of likely N-dealkylation sites (tertiary alicyclic amines) is 1. The highest BCUT2D eigenvalue weighted by atomic mass is 35.5. The summed E-state index contributed by atoms with van der Waals surface area (Å²) >= 11 is 6.12. The number of fused-ring (bicyclic) bond motifs is 1. The van der Waals surface area contributed by atoms with E-state index in [0.29, 0.717) is 23.0 Å². The number of phenolic OH excluding ortho intramolecular Hbond substituents is 1. The first kappa shape index (κ1) is 13.7. The van der Waals surface area contributed by atoms with Crippen molar-refractivity contribution in [1.82, 2.24) is 4.90 Å². The standard InChI is InChI=1S/C15H18ClNO3/c16-12-5-2-6-13(18)11(12)8-17-7-9-3-1-4-10(9)14(17)15(19)20/h2,5-6,9-10,14,18H,1,3-4,7-8H2,(H,19,20). The van der Waals surface area contributed by atoms with E-state index in [2.05, 4.69) is 0 Å². The molecule has 2 fully saturated rings. The quantitative estimate of drug-likeness (QED) is 0.900. The molecule has 0 aromatic heterocycles. The van der Waals surface area contributed by atoms with E-state index in [-0.39, 0.29) is 11.7 Å². The lowest BCUT2D eigenvalue weighted by Crippen LogP contribution is -2.39. The molecule has 2 aliphatic rings. The van der Waals surface area contributed by atoms with Crippen molar-refractivity contribution in [2.24, 2.45) is 11.8 Å². The van der Waals surface area contributed by atoms with Crippen molar-refractivity contribution in [3.8, 4) is 5.75 Å². The molecule has 1 saturated carbocycles. The second-order valence-electron chi connectivity index (χ2n) is 5.80. The van der Waals surface area contributed by atoms with E-state index in [1.807, 2.05) is 4.90 Å². The molecule has 20 heavy (non-hydrogen) atoms. The zero-order valence-electron chi connectivity index (χ0n) is 11.1. The van der Waals surface area contributed by atoms with E-state index >= 15 is 0 Å². The van der Waals surface area contributed by atoms with E-state index in [1.165, 1.54) is 0 Å². The Kier molecular flexibility index (Phi) is 3.61. The number of hydrogen-bond acceptors (Lipinski definition) is 3. The molecule has 0 radical (unpaired) electrons. The minimum Gasteiger partial charge on any atom is -0.508 e. The van der Waals surface area contributed by atoms with Crippen LogP contribution in [0.15, 0.2) is 18.2 Å². The van der Waals surface area contributed by atoms with E-state index in [4.69, 9.17) is 11.6 Å². The molecule has 108 valence electrons. The summed E-state index contributed by atoms with van der Waals surface area (Å²) < 4.78 is 0. The number of benzene rings is 1. The SMILES string of the molecule is O=C(O)C1C2CCCC2CN1Cc1c(O)cccc1Cl. The Balaban J connectivity index is 1.85. The summed E-state index contributed by atoms with van der Waals surface area (Å²) in [5, 5.41) is 19.9. The summed E-state index contributed by atoms with van der Waals surface area (Å²) in [4.78, 5) is 13.5. The fraction of sp³-hybridized carbons (Fsp3) is 0.533. The molecule has 4 nitrogen and oxygen atoms in total. The predicted octanol–water partition coefficient (Wildman–Crippen LogP) is 2.73. The largest absolute Gasteiger partial charge is 0.508 e. The highest BCUT2D eigenvalue weighted by Crippen LogP contribution is 2.43. The number of nitrogens with zero attached hydrogens (tertiary/aromatic N) is 1. The van der Waals surface area contributed by atoms with Gasteiger partial charge in [0.15, 0.2) is 0 Å². The number of carboxylic acid groups (broad SMARTS) is 1. The molecule has 2 N–H and O–H groups in total. The van der Waals surface area contributed by atoms with Gasteiger partial charge in [0.1, 0.15) is 11.8 Å². The molecule has 5 heteroatoms. The van der Waals surface area contributed by atoms with Gasteiger partial charge in [-0.05, 0) is 36.8 Å². The van der Waals surface area contributed by atoms with Crippen molar-refractivity contribution in [2.75, 3.05) is 6.54 Å². The van der Waals surface area contributed by atoms with Gasteiger partial charge >= 0.3 is 5.97 Å². The van der Waals surface area contributed by atoms with Crippen LogP contribution in [0.3, 0.4) is 0 Å². The third-order valence-corrected chi connectivity index (χ3v) is 5.05. The van der Waals surface area contributed by atoms with Crippen molar-refractivity contribution < 1.29 is 15.0 Å². The molecule has 3 rings (SSSR count). The Bertz CT molecular complexity index is 514. The Morgan fingerprint density at radius 2 is 2.20 bits per heavy atom. The molecule has 1 aliphatic heterocycles. The molecule has 0 bridgehead atoms. The van der Waals surface area contributed by atoms with Crippen LogP contribution in [0.1, 0.15) is 24.8 Å². The average molecular weight is 296 g/mol. The highest BCUT2D eigenvalue weighted by molar-refractivity contribution is 6.31. The number of hydrogen-bond donors (Lipinski definition) is 2. The van der Waals surface area contributed by atoms with E-state index < -0.39 is 12.0 Å². The van der Waals surface area contributed by atoms with Crippen molar-refractivity contribution >= 4 is 17.6 Å². The number of aliphatic carboxylic acids is 1. The molecule has 1 saturated heterocycles. The monoisotopic (exact) mass is 295 g/mol. The molecular weight excluding hydrogens is 278 g/mol. The summed E-state index contributed by atoms with van der Waals surface area (Å²) in [6.07, 6.45) is 3.23. The van der Waals surface area contributed by atoms with Gasteiger partial charge in [-0.3, -0.25) is 9.69 Å². The van der Waals surface area contributed by atoms with Crippen molar-refractivity contribution in [3.63, 3.8) is 0 Å². The van der Waals surface area contributed by atoms with Gasteiger partial charge < -0.3 is 10.2 Å². The lowest BCUT2D eigenvalue weighted by Gasteiger charge is -2.24. The molecule has 1 aliphatic carbocycles. The summed E-state index contributed by atoms with van der Waals surface area (Å²) in [6.45, 7) is 1.18. The first-order chi connectivity index (χ1) is 9.58. The second-order valence-corrected chi connectivity index (χ2v) is 6.21. The third kappa shape index (κ3) is 2.27. The van der Waals surface area contributed by atoms with Crippen LogP contribution in [0.2, 0.25) is 5.02 Å². The van der Waals surface area contributed by atoms with Gasteiger partial charge in [-0.15, -0.1) is 0 Å². The molecule has 0 amide bonds.